The van der Waals surface area contributed by atoms with Crippen LogP contribution in [0.15, 0.2) is 60.7 Å². The van der Waals surface area contributed by atoms with Gasteiger partial charge < -0.3 is 5.32 Å². The minimum Gasteiger partial charge on any atom is -0.338 e. The maximum absolute atomic E-state index is 12.6. The SMILES string of the molecule is CCNC(=O)NC(=O)[C@H](N[C@H](C)c1ccccc1)c1ccccc1. The second-order valence-electron chi connectivity index (χ2n) is 5.49. The highest BCUT2D eigenvalue weighted by molar-refractivity contribution is 5.97. The number of imide groups is 1. The molecule has 126 valence electrons. The Morgan fingerprint density at radius 2 is 1.46 bits per heavy atom. The maximum atomic E-state index is 12.6. The molecule has 0 saturated heterocycles. The number of carbonyl (C=O) groups is 2. The van der Waals surface area contributed by atoms with Gasteiger partial charge in [0.2, 0.25) is 5.91 Å². The lowest BCUT2D eigenvalue weighted by atomic mass is 10.0. The van der Waals surface area contributed by atoms with Crippen molar-refractivity contribution in [3.05, 3.63) is 71.8 Å². The van der Waals surface area contributed by atoms with Crippen molar-refractivity contribution in [1.82, 2.24) is 16.0 Å². The minimum absolute atomic E-state index is 0.0450. The average Bonchev–Trinajstić information content (AvgIpc) is 2.61. The Labute approximate surface area is 142 Å². The molecule has 0 spiro atoms. The number of carbonyl (C=O) groups excluding carboxylic acids is 2. The molecule has 2 aromatic carbocycles. The summed E-state index contributed by atoms with van der Waals surface area (Å²) in [6.45, 7) is 4.25. The third-order valence-corrected chi connectivity index (χ3v) is 3.69. The predicted octanol–water partition coefficient (Wildman–Crippen LogP) is 2.92. The van der Waals surface area contributed by atoms with Crippen LogP contribution in [0.1, 0.15) is 37.1 Å². The van der Waals surface area contributed by atoms with Crippen LogP contribution in [0.2, 0.25) is 0 Å². The van der Waals surface area contributed by atoms with E-state index in [0.29, 0.717) is 6.54 Å². The van der Waals surface area contributed by atoms with Crippen LogP contribution >= 0.6 is 0 Å². The molecule has 3 amide bonds. The lowest BCUT2D eigenvalue weighted by Crippen LogP contribution is -2.45. The van der Waals surface area contributed by atoms with Crippen LogP contribution in [-0.4, -0.2) is 18.5 Å². The second kappa shape index (κ2) is 8.84. The summed E-state index contributed by atoms with van der Waals surface area (Å²) in [5.74, 6) is -0.380. The zero-order valence-corrected chi connectivity index (χ0v) is 14.0. The van der Waals surface area contributed by atoms with Crippen molar-refractivity contribution in [3.63, 3.8) is 0 Å². The van der Waals surface area contributed by atoms with Crippen molar-refractivity contribution in [2.75, 3.05) is 6.54 Å². The lowest BCUT2D eigenvalue weighted by molar-refractivity contribution is -0.122. The monoisotopic (exact) mass is 325 g/mol. The Kier molecular flexibility index (Phi) is 6.51. The number of urea groups is 1. The van der Waals surface area contributed by atoms with E-state index in [1.807, 2.05) is 67.6 Å². The van der Waals surface area contributed by atoms with Gasteiger partial charge in [0, 0.05) is 12.6 Å². The molecule has 5 nitrogen and oxygen atoms in total. The van der Waals surface area contributed by atoms with Gasteiger partial charge >= 0.3 is 6.03 Å². The molecule has 0 unspecified atom stereocenters. The molecule has 0 aliphatic heterocycles. The summed E-state index contributed by atoms with van der Waals surface area (Å²) in [7, 11) is 0. The van der Waals surface area contributed by atoms with Crippen molar-refractivity contribution in [1.29, 1.82) is 0 Å². The maximum Gasteiger partial charge on any atom is 0.321 e. The van der Waals surface area contributed by atoms with Gasteiger partial charge in [-0.25, -0.2) is 4.79 Å². The Bertz CT molecular complexity index is 659. The Balaban J connectivity index is 2.17. The summed E-state index contributed by atoms with van der Waals surface area (Å²) >= 11 is 0. The Morgan fingerprint density at radius 1 is 0.917 bits per heavy atom. The summed E-state index contributed by atoms with van der Waals surface area (Å²) in [4.78, 5) is 24.2. The van der Waals surface area contributed by atoms with E-state index in [0.717, 1.165) is 11.1 Å². The fourth-order valence-electron chi connectivity index (χ4n) is 2.45. The normalized spacial score (nSPS) is 12.9. The molecule has 3 N–H and O–H groups in total. The van der Waals surface area contributed by atoms with Crippen LogP contribution in [0.25, 0.3) is 0 Å². The lowest BCUT2D eigenvalue weighted by Gasteiger charge is -2.23. The van der Waals surface area contributed by atoms with E-state index in [4.69, 9.17) is 0 Å². The third kappa shape index (κ3) is 4.93. The second-order valence-corrected chi connectivity index (χ2v) is 5.49. The van der Waals surface area contributed by atoms with E-state index >= 15 is 0 Å². The highest BCUT2D eigenvalue weighted by Gasteiger charge is 2.24. The fraction of sp³-hybridized carbons (Fsp3) is 0.263. The van der Waals surface area contributed by atoms with E-state index in [2.05, 4.69) is 16.0 Å². The number of nitrogens with one attached hydrogen (secondary N) is 3. The van der Waals surface area contributed by atoms with Crippen molar-refractivity contribution in [3.8, 4) is 0 Å². The van der Waals surface area contributed by atoms with Crippen molar-refractivity contribution in [2.24, 2.45) is 0 Å². The smallest absolute Gasteiger partial charge is 0.321 e. The first-order valence-corrected chi connectivity index (χ1v) is 8.06. The molecule has 0 aromatic heterocycles. The zero-order chi connectivity index (χ0) is 17.4. The van der Waals surface area contributed by atoms with Gasteiger partial charge in [0.25, 0.3) is 0 Å². The van der Waals surface area contributed by atoms with Gasteiger partial charge in [-0.05, 0) is 25.0 Å². The first-order valence-electron chi connectivity index (χ1n) is 8.06. The van der Waals surface area contributed by atoms with E-state index in [9.17, 15) is 9.59 Å². The van der Waals surface area contributed by atoms with Gasteiger partial charge in [-0.15, -0.1) is 0 Å². The molecule has 0 heterocycles. The first-order chi connectivity index (χ1) is 11.6. The number of benzene rings is 2. The highest BCUT2D eigenvalue weighted by Crippen LogP contribution is 2.19. The van der Waals surface area contributed by atoms with Gasteiger partial charge in [-0.2, -0.15) is 0 Å². The van der Waals surface area contributed by atoms with Gasteiger partial charge in [0.05, 0.1) is 0 Å². The molecule has 2 atom stereocenters. The van der Waals surface area contributed by atoms with E-state index < -0.39 is 12.1 Å². The van der Waals surface area contributed by atoms with Crippen LogP contribution in [0.3, 0.4) is 0 Å². The molecule has 0 bridgehead atoms. The summed E-state index contributed by atoms with van der Waals surface area (Å²) in [6, 6.07) is 18.1. The predicted molar refractivity (Wildman–Crippen MR) is 94.4 cm³/mol. The topological polar surface area (TPSA) is 70.2 Å². The fourth-order valence-corrected chi connectivity index (χ4v) is 2.45. The molecule has 0 fully saturated rings. The molecular formula is C19H23N3O2. The van der Waals surface area contributed by atoms with Gasteiger partial charge in [-0.3, -0.25) is 15.4 Å². The number of amides is 3. The van der Waals surface area contributed by atoms with E-state index in [1.54, 1.807) is 6.92 Å². The van der Waals surface area contributed by atoms with Gasteiger partial charge in [0.15, 0.2) is 0 Å². The summed E-state index contributed by atoms with van der Waals surface area (Å²) in [6.07, 6.45) is 0. The molecule has 2 rings (SSSR count). The molecule has 5 heteroatoms. The quantitative estimate of drug-likeness (QED) is 0.765. The standard InChI is InChI=1S/C19H23N3O2/c1-3-20-19(24)22-18(23)17(16-12-8-5-9-13-16)21-14(2)15-10-6-4-7-11-15/h4-14,17,21H,3H2,1-2H3,(H2,20,22,23,24)/t14-,17-/m1/s1. The largest absolute Gasteiger partial charge is 0.338 e. The van der Waals surface area contributed by atoms with Crippen molar-refractivity contribution < 1.29 is 9.59 Å². The Hall–Kier alpha value is -2.66. The molecule has 0 aliphatic carbocycles. The van der Waals surface area contributed by atoms with Crippen molar-refractivity contribution >= 4 is 11.9 Å². The third-order valence-electron chi connectivity index (χ3n) is 3.69. The number of hydrogen-bond donors (Lipinski definition) is 3. The molecule has 24 heavy (non-hydrogen) atoms. The molecule has 0 radical (unpaired) electrons. The molecule has 2 aromatic rings. The minimum atomic E-state index is -0.621. The molecule has 0 saturated carbocycles. The van der Waals surface area contributed by atoms with E-state index in [1.165, 1.54) is 0 Å². The highest BCUT2D eigenvalue weighted by atomic mass is 16.2. The van der Waals surface area contributed by atoms with Crippen LogP contribution in [-0.2, 0) is 4.79 Å². The molecular weight excluding hydrogens is 302 g/mol. The van der Waals surface area contributed by atoms with Gasteiger partial charge in [0.1, 0.15) is 6.04 Å². The summed E-state index contributed by atoms with van der Waals surface area (Å²) < 4.78 is 0. The van der Waals surface area contributed by atoms with Crippen LogP contribution < -0.4 is 16.0 Å². The Morgan fingerprint density at radius 3 is 2.00 bits per heavy atom. The van der Waals surface area contributed by atoms with Gasteiger partial charge in [-0.1, -0.05) is 60.7 Å². The number of hydrogen-bond acceptors (Lipinski definition) is 3. The molecule has 0 aliphatic rings. The summed E-state index contributed by atoms with van der Waals surface area (Å²) in [5.41, 5.74) is 1.88. The van der Waals surface area contributed by atoms with Crippen LogP contribution in [0.5, 0.6) is 0 Å². The van der Waals surface area contributed by atoms with E-state index in [-0.39, 0.29) is 11.9 Å². The van der Waals surface area contributed by atoms with Crippen LogP contribution in [0.4, 0.5) is 4.79 Å². The number of rotatable bonds is 6. The van der Waals surface area contributed by atoms with Crippen molar-refractivity contribution in [2.45, 2.75) is 25.9 Å². The summed E-state index contributed by atoms with van der Waals surface area (Å²) in [5, 5.41) is 8.26. The first kappa shape index (κ1) is 17.7. The van der Waals surface area contributed by atoms with Crippen LogP contribution in [0, 0.1) is 0 Å². The zero-order valence-electron chi connectivity index (χ0n) is 14.0. The average molecular weight is 325 g/mol.